The molecule has 0 saturated carbocycles. The van der Waals surface area contributed by atoms with E-state index in [9.17, 15) is 4.79 Å². The number of likely N-dealkylation sites (tertiary alicyclic amines) is 2. The van der Waals surface area contributed by atoms with Crippen molar-refractivity contribution in [3.8, 4) is 0 Å². The second-order valence-corrected chi connectivity index (χ2v) is 7.77. The van der Waals surface area contributed by atoms with Gasteiger partial charge in [0, 0.05) is 43.7 Å². The SMILES string of the molecule is Cc1noc(C)c1CN1CCC2(CCC(=O)N2Cc2ccccc2)CC1. The van der Waals surface area contributed by atoms with E-state index in [4.69, 9.17) is 4.52 Å². The van der Waals surface area contributed by atoms with Gasteiger partial charge in [0.05, 0.1) is 5.69 Å². The Kier molecular flexibility index (Phi) is 4.57. The van der Waals surface area contributed by atoms with E-state index in [1.807, 2.05) is 19.9 Å². The van der Waals surface area contributed by atoms with E-state index in [0.717, 1.165) is 56.9 Å². The minimum Gasteiger partial charge on any atom is -0.361 e. The van der Waals surface area contributed by atoms with Gasteiger partial charge in [-0.05, 0) is 38.7 Å². The van der Waals surface area contributed by atoms with E-state index < -0.39 is 0 Å². The summed E-state index contributed by atoms with van der Waals surface area (Å²) in [6, 6.07) is 10.4. The maximum absolute atomic E-state index is 12.6. The second kappa shape index (κ2) is 6.88. The third-order valence-electron chi connectivity index (χ3n) is 6.21. The monoisotopic (exact) mass is 353 g/mol. The molecule has 2 aliphatic rings. The quantitative estimate of drug-likeness (QED) is 0.845. The number of piperidine rings is 1. The van der Waals surface area contributed by atoms with Crippen LogP contribution in [0, 0.1) is 13.8 Å². The lowest BCUT2D eigenvalue weighted by Gasteiger charge is -2.45. The van der Waals surface area contributed by atoms with Crippen molar-refractivity contribution in [3.63, 3.8) is 0 Å². The molecule has 2 aliphatic heterocycles. The van der Waals surface area contributed by atoms with Crippen molar-refractivity contribution in [1.29, 1.82) is 0 Å². The van der Waals surface area contributed by atoms with Gasteiger partial charge >= 0.3 is 0 Å². The minimum absolute atomic E-state index is 0.0438. The molecule has 1 amide bonds. The largest absolute Gasteiger partial charge is 0.361 e. The van der Waals surface area contributed by atoms with E-state index in [2.05, 4.69) is 39.2 Å². The van der Waals surface area contributed by atoms with Crippen LogP contribution in [0.25, 0.3) is 0 Å². The van der Waals surface area contributed by atoms with Crippen LogP contribution in [-0.4, -0.2) is 39.5 Å². The molecule has 4 rings (SSSR count). The van der Waals surface area contributed by atoms with Crippen molar-refractivity contribution in [1.82, 2.24) is 15.0 Å². The predicted octanol–water partition coefficient (Wildman–Crippen LogP) is 3.45. The van der Waals surface area contributed by atoms with Gasteiger partial charge in [-0.25, -0.2) is 0 Å². The molecule has 138 valence electrons. The van der Waals surface area contributed by atoms with Crippen molar-refractivity contribution in [2.45, 2.75) is 58.2 Å². The molecule has 3 heterocycles. The smallest absolute Gasteiger partial charge is 0.223 e. The molecule has 0 aliphatic carbocycles. The Bertz CT molecular complexity index is 756. The molecule has 5 nitrogen and oxygen atoms in total. The van der Waals surface area contributed by atoms with Gasteiger partial charge in [-0.1, -0.05) is 35.5 Å². The van der Waals surface area contributed by atoms with E-state index in [1.165, 1.54) is 11.1 Å². The van der Waals surface area contributed by atoms with Gasteiger partial charge < -0.3 is 9.42 Å². The fourth-order valence-electron chi connectivity index (χ4n) is 4.49. The van der Waals surface area contributed by atoms with Crippen molar-refractivity contribution >= 4 is 5.91 Å². The number of carbonyl (C=O) groups excluding carboxylic acids is 1. The minimum atomic E-state index is 0.0438. The Balaban J connectivity index is 1.44. The average molecular weight is 353 g/mol. The van der Waals surface area contributed by atoms with Crippen LogP contribution in [0.15, 0.2) is 34.9 Å². The summed E-state index contributed by atoms with van der Waals surface area (Å²) in [5, 5.41) is 4.07. The highest BCUT2D eigenvalue weighted by atomic mass is 16.5. The molecule has 0 atom stereocenters. The van der Waals surface area contributed by atoms with Crippen molar-refractivity contribution < 1.29 is 9.32 Å². The molecule has 1 aromatic carbocycles. The average Bonchev–Trinajstić information content (AvgIpc) is 3.13. The van der Waals surface area contributed by atoms with Gasteiger partial charge in [-0.3, -0.25) is 9.69 Å². The second-order valence-electron chi connectivity index (χ2n) is 7.77. The van der Waals surface area contributed by atoms with Crippen LogP contribution >= 0.6 is 0 Å². The van der Waals surface area contributed by atoms with Gasteiger partial charge in [0.25, 0.3) is 0 Å². The van der Waals surface area contributed by atoms with E-state index >= 15 is 0 Å². The Morgan fingerprint density at radius 2 is 1.81 bits per heavy atom. The summed E-state index contributed by atoms with van der Waals surface area (Å²) in [6.07, 6.45) is 3.79. The first-order valence-corrected chi connectivity index (χ1v) is 9.56. The molecule has 1 aromatic heterocycles. The highest BCUT2D eigenvalue weighted by Crippen LogP contribution is 2.40. The number of hydrogen-bond donors (Lipinski definition) is 0. The lowest BCUT2D eigenvalue weighted by molar-refractivity contribution is -0.133. The zero-order valence-corrected chi connectivity index (χ0v) is 15.7. The van der Waals surface area contributed by atoms with Crippen LogP contribution in [0.1, 0.15) is 48.3 Å². The fraction of sp³-hybridized carbons (Fsp3) is 0.524. The number of rotatable bonds is 4. The molecule has 2 saturated heterocycles. The van der Waals surface area contributed by atoms with Crippen LogP contribution in [0.5, 0.6) is 0 Å². The molecule has 1 spiro atoms. The molecular weight excluding hydrogens is 326 g/mol. The van der Waals surface area contributed by atoms with Crippen LogP contribution in [-0.2, 0) is 17.9 Å². The first kappa shape index (κ1) is 17.3. The third-order valence-corrected chi connectivity index (χ3v) is 6.21. The summed E-state index contributed by atoms with van der Waals surface area (Å²) in [4.78, 5) is 17.2. The zero-order chi connectivity index (χ0) is 18.1. The number of carbonyl (C=O) groups is 1. The Labute approximate surface area is 155 Å². The van der Waals surface area contributed by atoms with Gasteiger partial charge in [-0.15, -0.1) is 0 Å². The summed E-state index contributed by atoms with van der Waals surface area (Å²) >= 11 is 0. The number of hydrogen-bond acceptors (Lipinski definition) is 4. The van der Waals surface area contributed by atoms with E-state index in [0.29, 0.717) is 12.3 Å². The summed E-state index contributed by atoms with van der Waals surface area (Å²) < 4.78 is 5.30. The number of aryl methyl sites for hydroxylation is 2. The molecule has 2 fully saturated rings. The Morgan fingerprint density at radius 3 is 2.46 bits per heavy atom. The molecule has 0 radical (unpaired) electrons. The van der Waals surface area contributed by atoms with E-state index in [1.54, 1.807) is 0 Å². The summed E-state index contributed by atoms with van der Waals surface area (Å²) in [7, 11) is 0. The highest BCUT2D eigenvalue weighted by molar-refractivity contribution is 5.79. The Morgan fingerprint density at radius 1 is 1.08 bits per heavy atom. The zero-order valence-electron chi connectivity index (χ0n) is 15.7. The van der Waals surface area contributed by atoms with Crippen molar-refractivity contribution in [2.24, 2.45) is 0 Å². The molecule has 0 N–H and O–H groups in total. The number of benzene rings is 1. The normalized spacial score (nSPS) is 20.2. The number of aromatic nitrogens is 1. The van der Waals surface area contributed by atoms with Gasteiger partial charge in [0.1, 0.15) is 5.76 Å². The summed E-state index contributed by atoms with van der Waals surface area (Å²) in [6.45, 7) is 7.66. The maximum atomic E-state index is 12.6. The molecule has 0 bridgehead atoms. The fourth-order valence-corrected chi connectivity index (χ4v) is 4.49. The third kappa shape index (κ3) is 3.16. The van der Waals surface area contributed by atoms with Crippen LogP contribution in [0.3, 0.4) is 0 Å². The van der Waals surface area contributed by atoms with Crippen LogP contribution in [0.2, 0.25) is 0 Å². The lowest BCUT2D eigenvalue weighted by atomic mass is 9.84. The van der Waals surface area contributed by atoms with Gasteiger partial charge in [-0.2, -0.15) is 0 Å². The number of nitrogens with zero attached hydrogens (tertiary/aromatic N) is 3. The maximum Gasteiger partial charge on any atom is 0.223 e. The molecule has 0 unspecified atom stereocenters. The van der Waals surface area contributed by atoms with Crippen LogP contribution in [0.4, 0.5) is 0 Å². The highest BCUT2D eigenvalue weighted by Gasteiger charge is 2.46. The molecular formula is C21H27N3O2. The Hall–Kier alpha value is -2.14. The predicted molar refractivity (Wildman–Crippen MR) is 99.4 cm³/mol. The summed E-state index contributed by atoms with van der Waals surface area (Å²) in [5.74, 6) is 1.23. The molecule has 26 heavy (non-hydrogen) atoms. The number of amides is 1. The first-order chi connectivity index (χ1) is 12.6. The van der Waals surface area contributed by atoms with Crippen LogP contribution < -0.4 is 0 Å². The molecule has 2 aromatic rings. The van der Waals surface area contributed by atoms with Gasteiger partial charge in [0.15, 0.2) is 0 Å². The van der Waals surface area contributed by atoms with Crippen molar-refractivity contribution in [3.05, 3.63) is 52.9 Å². The van der Waals surface area contributed by atoms with E-state index in [-0.39, 0.29) is 5.54 Å². The topological polar surface area (TPSA) is 49.6 Å². The van der Waals surface area contributed by atoms with Crippen molar-refractivity contribution in [2.75, 3.05) is 13.1 Å². The van der Waals surface area contributed by atoms with Gasteiger partial charge in [0.2, 0.25) is 5.91 Å². The summed E-state index contributed by atoms with van der Waals surface area (Å²) in [5.41, 5.74) is 3.47. The molecule has 5 heteroatoms. The first-order valence-electron chi connectivity index (χ1n) is 9.56. The lowest BCUT2D eigenvalue weighted by Crippen LogP contribution is -2.52. The standard InChI is InChI=1S/C21H27N3O2/c1-16-19(17(2)26-22-16)15-23-12-10-21(11-13-23)9-8-20(25)24(21)14-18-6-4-3-5-7-18/h3-7H,8-15H2,1-2H3.